The topological polar surface area (TPSA) is 87.0 Å². The lowest BCUT2D eigenvalue weighted by molar-refractivity contribution is -0.140. The molecule has 1 aromatic rings. The highest BCUT2D eigenvalue weighted by molar-refractivity contribution is 5.57. The molecule has 166 valence electrons. The zero-order valence-corrected chi connectivity index (χ0v) is 18.9. The van der Waals surface area contributed by atoms with Gasteiger partial charge in [0.05, 0.1) is 0 Å². The van der Waals surface area contributed by atoms with Gasteiger partial charge in [0.1, 0.15) is 5.60 Å². The van der Waals surface area contributed by atoms with Crippen LogP contribution in [-0.2, 0) is 22.4 Å². The van der Waals surface area contributed by atoms with Gasteiger partial charge in [0.15, 0.2) is 11.5 Å². The Morgan fingerprint density at radius 1 is 0.759 bits per heavy atom. The molecule has 1 aromatic carbocycles. The van der Waals surface area contributed by atoms with Crippen molar-refractivity contribution >= 4 is 6.47 Å². The average molecular weight is 409 g/mol. The lowest BCUT2D eigenvalue weighted by Gasteiger charge is -2.22. The summed E-state index contributed by atoms with van der Waals surface area (Å²) in [5.41, 5.74) is 1.25. The third kappa shape index (κ3) is 9.42. The quantitative estimate of drug-likeness (QED) is 0.211. The fourth-order valence-corrected chi connectivity index (χ4v) is 3.52. The average Bonchev–Trinajstić information content (AvgIpc) is 2.61. The largest absolute Gasteiger partial charge is 0.504 e. The number of benzene rings is 1. The van der Waals surface area contributed by atoms with Crippen LogP contribution in [0.15, 0.2) is 6.07 Å². The van der Waals surface area contributed by atoms with Crippen LogP contribution in [0.2, 0.25) is 0 Å². The molecular weight excluding hydrogens is 368 g/mol. The van der Waals surface area contributed by atoms with E-state index in [1.54, 1.807) is 0 Å². The number of hydrogen-bond acceptors (Lipinski definition) is 5. The first-order valence-corrected chi connectivity index (χ1v) is 10.8. The maximum atomic E-state index is 10.5. The van der Waals surface area contributed by atoms with Gasteiger partial charge in [-0.15, -0.1) is 0 Å². The highest BCUT2D eigenvalue weighted by atomic mass is 16.5. The summed E-state index contributed by atoms with van der Waals surface area (Å²) < 4.78 is 5.05. The molecule has 0 radical (unpaired) electrons. The molecule has 0 aliphatic carbocycles. The van der Waals surface area contributed by atoms with Crippen LogP contribution < -0.4 is 0 Å². The van der Waals surface area contributed by atoms with Crippen molar-refractivity contribution in [1.29, 1.82) is 0 Å². The van der Waals surface area contributed by atoms with Crippen molar-refractivity contribution in [3.05, 3.63) is 17.2 Å². The van der Waals surface area contributed by atoms with Crippen LogP contribution in [0.3, 0.4) is 0 Å². The summed E-state index contributed by atoms with van der Waals surface area (Å²) in [6.45, 7) is 11.0. The normalized spacial score (nSPS) is 12.2. The van der Waals surface area contributed by atoms with Gasteiger partial charge in [-0.1, -0.05) is 40.0 Å². The Bertz CT molecular complexity index is 644. The SMILES string of the molecule is CC(C)(C)CCCCCc1cc(CCCCCC(C)(C)OC=O)c(O)c(O)c1O. The highest BCUT2D eigenvalue weighted by Crippen LogP contribution is 2.41. The summed E-state index contributed by atoms with van der Waals surface area (Å²) in [5, 5.41) is 30.5. The van der Waals surface area contributed by atoms with Crippen molar-refractivity contribution in [2.45, 2.75) is 104 Å². The van der Waals surface area contributed by atoms with Gasteiger partial charge in [0.2, 0.25) is 5.75 Å². The zero-order valence-electron chi connectivity index (χ0n) is 18.9. The van der Waals surface area contributed by atoms with Gasteiger partial charge in [0.25, 0.3) is 6.47 Å². The second-order valence-corrected chi connectivity index (χ2v) is 9.90. The van der Waals surface area contributed by atoms with Crippen LogP contribution in [0.4, 0.5) is 0 Å². The molecule has 3 N–H and O–H groups in total. The van der Waals surface area contributed by atoms with Crippen LogP contribution in [-0.4, -0.2) is 27.4 Å². The van der Waals surface area contributed by atoms with Gasteiger partial charge in [-0.2, -0.15) is 0 Å². The predicted octanol–water partition coefficient (Wildman–Crippen LogP) is 6.01. The third-order valence-corrected chi connectivity index (χ3v) is 5.37. The van der Waals surface area contributed by atoms with Gasteiger partial charge >= 0.3 is 0 Å². The molecule has 0 atom stereocenters. The minimum absolute atomic E-state index is 0.199. The van der Waals surface area contributed by atoms with Crippen molar-refractivity contribution in [2.75, 3.05) is 0 Å². The van der Waals surface area contributed by atoms with E-state index in [1.165, 1.54) is 6.42 Å². The van der Waals surface area contributed by atoms with E-state index >= 15 is 0 Å². The third-order valence-electron chi connectivity index (χ3n) is 5.37. The maximum Gasteiger partial charge on any atom is 0.293 e. The summed E-state index contributed by atoms with van der Waals surface area (Å²) >= 11 is 0. The lowest BCUT2D eigenvalue weighted by atomic mass is 9.89. The molecule has 29 heavy (non-hydrogen) atoms. The Balaban J connectivity index is 2.55. The minimum atomic E-state index is -0.457. The number of aromatic hydroxyl groups is 3. The van der Waals surface area contributed by atoms with E-state index in [1.807, 2.05) is 19.9 Å². The van der Waals surface area contributed by atoms with E-state index in [4.69, 9.17) is 4.74 Å². The Kier molecular flexibility index (Phi) is 9.81. The Hall–Kier alpha value is -1.91. The second-order valence-electron chi connectivity index (χ2n) is 9.90. The van der Waals surface area contributed by atoms with Gasteiger partial charge in [-0.3, -0.25) is 4.79 Å². The number of carbonyl (C=O) groups is 1. The summed E-state index contributed by atoms with van der Waals surface area (Å²) in [6.07, 6.45) is 9.11. The molecule has 0 saturated carbocycles. The first-order chi connectivity index (χ1) is 13.5. The fourth-order valence-electron chi connectivity index (χ4n) is 3.52. The molecule has 0 aliphatic heterocycles. The van der Waals surface area contributed by atoms with Crippen molar-refractivity contribution < 1.29 is 24.9 Å². The molecule has 0 aromatic heterocycles. The molecule has 0 fully saturated rings. The van der Waals surface area contributed by atoms with E-state index in [-0.39, 0.29) is 11.5 Å². The molecule has 0 unspecified atom stereocenters. The van der Waals surface area contributed by atoms with Crippen LogP contribution in [0.5, 0.6) is 17.2 Å². The first kappa shape index (κ1) is 25.1. The van der Waals surface area contributed by atoms with Gasteiger partial charge in [0, 0.05) is 0 Å². The zero-order chi connectivity index (χ0) is 22.1. The first-order valence-electron chi connectivity index (χ1n) is 10.8. The van der Waals surface area contributed by atoms with E-state index in [2.05, 4.69) is 20.8 Å². The molecule has 1 rings (SSSR count). The number of aryl methyl sites for hydroxylation is 2. The van der Waals surface area contributed by atoms with Crippen LogP contribution in [0.1, 0.15) is 97.1 Å². The van der Waals surface area contributed by atoms with Crippen molar-refractivity contribution in [1.82, 2.24) is 0 Å². The molecule has 0 spiro atoms. The standard InChI is InChI=1S/C24H40O5/c1-23(2,3)14-10-6-8-12-18-16-19(21(27)22(28)20(18)26)13-9-7-11-15-24(4,5)29-17-25/h16-17,26-28H,6-15H2,1-5H3. The smallest absolute Gasteiger partial charge is 0.293 e. The highest BCUT2D eigenvalue weighted by Gasteiger charge is 2.19. The number of carbonyl (C=O) groups excluding carboxylic acids is 1. The minimum Gasteiger partial charge on any atom is -0.504 e. The van der Waals surface area contributed by atoms with Crippen LogP contribution in [0.25, 0.3) is 0 Å². The summed E-state index contributed by atoms with van der Waals surface area (Å²) in [6, 6.07) is 1.83. The van der Waals surface area contributed by atoms with Crippen molar-refractivity contribution in [3.8, 4) is 17.2 Å². The number of phenols is 3. The van der Waals surface area contributed by atoms with E-state index in [9.17, 15) is 20.1 Å². The molecule has 5 heteroatoms. The summed E-state index contributed by atoms with van der Waals surface area (Å²) in [5.74, 6) is -0.828. The Morgan fingerprint density at radius 2 is 1.24 bits per heavy atom. The summed E-state index contributed by atoms with van der Waals surface area (Å²) in [7, 11) is 0. The lowest BCUT2D eigenvalue weighted by Crippen LogP contribution is -2.23. The van der Waals surface area contributed by atoms with E-state index < -0.39 is 11.4 Å². The predicted molar refractivity (Wildman–Crippen MR) is 116 cm³/mol. The number of phenolic OH excluding ortho intramolecular Hbond substituents is 3. The summed E-state index contributed by atoms with van der Waals surface area (Å²) in [4.78, 5) is 10.5. The molecule has 0 heterocycles. The van der Waals surface area contributed by atoms with Crippen LogP contribution >= 0.6 is 0 Å². The molecule has 0 bridgehead atoms. The number of hydrogen-bond donors (Lipinski definition) is 3. The number of ether oxygens (including phenoxy) is 1. The number of rotatable bonds is 13. The van der Waals surface area contributed by atoms with Gasteiger partial charge in [-0.05, 0) is 81.4 Å². The van der Waals surface area contributed by atoms with E-state index in [0.29, 0.717) is 35.9 Å². The molecular formula is C24H40O5. The number of unbranched alkanes of at least 4 members (excludes halogenated alkanes) is 4. The fraction of sp³-hybridized carbons (Fsp3) is 0.708. The van der Waals surface area contributed by atoms with Crippen molar-refractivity contribution in [3.63, 3.8) is 0 Å². The molecule has 0 saturated heterocycles. The Morgan fingerprint density at radius 3 is 1.69 bits per heavy atom. The van der Waals surface area contributed by atoms with Crippen LogP contribution in [0, 0.1) is 5.41 Å². The molecule has 0 aliphatic rings. The monoisotopic (exact) mass is 408 g/mol. The second kappa shape index (κ2) is 11.3. The molecule has 5 nitrogen and oxygen atoms in total. The molecule has 0 amide bonds. The van der Waals surface area contributed by atoms with Gasteiger partial charge < -0.3 is 20.1 Å². The van der Waals surface area contributed by atoms with Crippen molar-refractivity contribution in [2.24, 2.45) is 5.41 Å². The van der Waals surface area contributed by atoms with Gasteiger partial charge in [-0.25, -0.2) is 0 Å². The maximum absolute atomic E-state index is 10.5. The van der Waals surface area contributed by atoms with E-state index in [0.717, 1.165) is 44.9 Å². The Labute approximate surface area is 176 Å².